The summed E-state index contributed by atoms with van der Waals surface area (Å²) in [5, 5.41) is 3.35. The maximum absolute atomic E-state index is 12.3. The predicted molar refractivity (Wildman–Crippen MR) is 78.7 cm³/mol. The Labute approximate surface area is 122 Å². The van der Waals surface area contributed by atoms with Crippen molar-refractivity contribution in [2.75, 3.05) is 32.8 Å². The third-order valence-electron chi connectivity index (χ3n) is 4.05. The van der Waals surface area contributed by atoms with Crippen LogP contribution in [0.15, 0.2) is 0 Å². The van der Waals surface area contributed by atoms with Crippen molar-refractivity contribution in [1.29, 1.82) is 0 Å². The Bertz CT molecular complexity index is 264. The number of hydrogen-bond donors (Lipinski definition) is 1. The highest BCUT2D eigenvalue weighted by Gasteiger charge is 2.26. The van der Waals surface area contributed by atoms with Gasteiger partial charge in [-0.1, -0.05) is 6.92 Å². The zero-order chi connectivity index (χ0) is 12.8. The first-order chi connectivity index (χ1) is 8.81. The van der Waals surface area contributed by atoms with Crippen LogP contribution in [-0.4, -0.2) is 49.7 Å². The molecule has 2 fully saturated rings. The lowest BCUT2D eigenvalue weighted by molar-refractivity contribution is -0.133. The minimum absolute atomic E-state index is 0. The SMILES string of the molecule is CCCN(C(=O)CCC1CCOC1)C1CCNC1.Cl. The van der Waals surface area contributed by atoms with Gasteiger partial charge in [0, 0.05) is 38.8 Å². The van der Waals surface area contributed by atoms with Crippen LogP contribution in [0.3, 0.4) is 0 Å². The Hall–Kier alpha value is -0.320. The van der Waals surface area contributed by atoms with Crippen molar-refractivity contribution in [2.24, 2.45) is 5.92 Å². The molecule has 4 nitrogen and oxygen atoms in total. The molecule has 0 aliphatic carbocycles. The zero-order valence-corrected chi connectivity index (χ0v) is 12.7. The highest BCUT2D eigenvalue weighted by molar-refractivity contribution is 5.85. The monoisotopic (exact) mass is 290 g/mol. The average molecular weight is 291 g/mol. The lowest BCUT2D eigenvalue weighted by Gasteiger charge is -2.28. The summed E-state index contributed by atoms with van der Waals surface area (Å²) in [4.78, 5) is 14.4. The second-order valence-corrected chi connectivity index (χ2v) is 5.50. The van der Waals surface area contributed by atoms with Gasteiger partial charge in [0.25, 0.3) is 0 Å². The number of carbonyl (C=O) groups is 1. The third kappa shape index (κ3) is 4.93. The number of hydrogen-bond acceptors (Lipinski definition) is 3. The predicted octanol–water partition coefficient (Wildman–Crippen LogP) is 1.83. The van der Waals surface area contributed by atoms with Gasteiger partial charge in [-0.25, -0.2) is 0 Å². The van der Waals surface area contributed by atoms with Crippen LogP contribution in [0.2, 0.25) is 0 Å². The van der Waals surface area contributed by atoms with Gasteiger partial charge in [0.1, 0.15) is 0 Å². The average Bonchev–Trinajstić information content (AvgIpc) is 3.05. The first kappa shape index (κ1) is 16.7. The van der Waals surface area contributed by atoms with E-state index in [0.717, 1.165) is 58.5 Å². The number of nitrogens with zero attached hydrogens (tertiary/aromatic N) is 1. The topological polar surface area (TPSA) is 41.6 Å². The van der Waals surface area contributed by atoms with Crippen molar-refractivity contribution in [2.45, 2.75) is 45.1 Å². The van der Waals surface area contributed by atoms with Crippen molar-refractivity contribution < 1.29 is 9.53 Å². The first-order valence-electron chi connectivity index (χ1n) is 7.39. The molecule has 2 heterocycles. The fourth-order valence-corrected chi connectivity index (χ4v) is 2.94. The highest BCUT2D eigenvalue weighted by atomic mass is 35.5. The summed E-state index contributed by atoms with van der Waals surface area (Å²) in [5.74, 6) is 0.955. The summed E-state index contributed by atoms with van der Waals surface area (Å²) in [7, 11) is 0. The Morgan fingerprint density at radius 3 is 2.84 bits per heavy atom. The molecule has 2 aliphatic rings. The van der Waals surface area contributed by atoms with E-state index in [4.69, 9.17) is 4.74 Å². The molecule has 0 bridgehead atoms. The lowest BCUT2D eigenvalue weighted by atomic mass is 10.0. The molecule has 2 rings (SSSR count). The van der Waals surface area contributed by atoms with E-state index < -0.39 is 0 Å². The number of carbonyl (C=O) groups excluding carboxylic acids is 1. The molecule has 2 unspecified atom stereocenters. The lowest BCUT2D eigenvalue weighted by Crippen LogP contribution is -2.42. The molecule has 0 aromatic rings. The number of rotatable bonds is 6. The smallest absolute Gasteiger partial charge is 0.222 e. The van der Waals surface area contributed by atoms with Gasteiger partial charge in [-0.3, -0.25) is 4.79 Å². The molecule has 19 heavy (non-hydrogen) atoms. The molecule has 1 amide bonds. The molecule has 5 heteroatoms. The van der Waals surface area contributed by atoms with Gasteiger partial charge in [-0.05, 0) is 38.1 Å². The maximum Gasteiger partial charge on any atom is 0.222 e. The summed E-state index contributed by atoms with van der Waals surface area (Å²) < 4.78 is 5.36. The summed E-state index contributed by atoms with van der Waals surface area (Å²) >= 11 is 0. The van der Waals surface area contributed by atoms with Crippen molar-refractivity contribution in [3.8, 4) is 0 Å². The molecular formula is C14H27ClN2O2. The Kier molecular flexibility index (Phi) is 7.73. The molecule has 0 aromatic carbocycles. The van der Waals surface area contributed by atoms with Gasteiger partial charge in [-0.2, -0.15) is 0 Å². The molecule has 0 saturated carbocycles. The zero-order valence-electron chi connectivity index (χ0n) is 11.9. The van der Waals surface area contributed by atoms with E-state index in [1.54, 1.807) is 0 Å². The van der Waals surface area contributed by atoms with Crippen LogP contribution < -0.4 is 5.32 Å². The van der Waals surface area contributed by atoms with Gasteiger partial charge in [-0.15, -0.1) is 12.4 Å². The van der Waals surface area contributed by atoms with E-state index >= 15 is 0 Å². The maximum atomic E-state index is 12.3. The van der Waals surface area contributed by atoms with E-state index in [9.17, 15) is 4.79 Å². The van der Waals surface area contributed by atoms with Gasteiger partial charge in [0.05, 0.1) is 0 Å². The van der Waals surface area contributed by atoms with Crippen molar-refractivity contribution in [3.05, 3.63) is 0 Å². The third-order valence-corrected chi connectivity index (χ3v) is 4.05. The quantitative estimate of drug-likeness (QED) is 0.811. The number of amides is 1. The molecule has 0 spiro atoms. The molecular weight excluding hydrogens is 264 g/mol. The van der Waals surface area contributed by atoms with Crippen molar-refractivity contribution >= 4 is 18.3 Å². The molecule has 2 aliphatic heterocycles. The number of halogens is 1. The van der Waals surface area contributed by atoms with Gasteiger partial charge in [0.2, 0.25) is 5.91 Å². The van der Waals surface area contributed by atoms with Crippen molar-refractivity contribution in [1.82, 2.24) is 10.2 Å². The summed E-state index contributed by atoms with van der Waals surface area (Å²) in [6, 6.07) is 0.428. The normalized spacial score (nSPS) is 26.2. The van der Waals surface area contributed by atoms with Crippen LogP contribution >= 0.6 is 12.4 Å². The summed E-state index contributed by atoms with van der Waals surface area (Å²) in [6.07, 6.45) is 4.99. The molecule has 112 valence electrons. The number of ether oxygens (including phenoxy) is 1. The molecule has 2 saturated heterocycles. The minimum atomic E-state index is 0. The summed E-state index contributed by atoms with van der Waals surface area (Å²) in [5.41, 5.74) is 0. The Balaban J connectivity index is 0.00000180. The van der Waals surface area contributed by atoms with Gasteiger partial charge < -0.3 is 15.0 Å². The molecule has 1 N–H and O–H groups in total. The van der Waals surface area contributed by atoms with Crippen LogP contribution in [-0.2, 0) is 9.53 Å². The van der Waals surface area contributed by atoms with Crippen molar-refractivity contribution in [3.63, 3.8) is 0 Å². The standard InChI is InChI=1S/C14H26N2O2.ClH/c1-2-8-16(13-5-7-15-10-13)14(17)4-3-12-6-9-18-11-12;/h12-13,15H,2-11H2,1H3;1H. The second kappa shape index (κ2) is 8.77. The van der Waals surface area contributed by atoms with Gasteiger partial charge in [0.15, 0.2) is 0 Å². The number of nitrogens with one attached hydrogen (secondary N) is 1. The van der Waals surface area contributed by atoms with E-state index in [1.807, 2.05) is 0 Å². The fourth-order valence-electron chi connectivity index (χ4n) is 2.94. The fraction of sp³-hybridized carbons (Fsp3) is 0.929. The Morgan fingerprint density at radius 1 is 1.42 bits per heavy atom. The molecule has 2 atom stereocenters. The highest BCUT2D eigenvalue weighted by Crippen LogP contribution is 2.20. The van der Waals surface area contributed by atoms with E-state index in [-0.39, 0.29) is 12.4 Å². The van der Waals surface area contributed by atoms with E-state index in [1.165, 1.54) is 0 Å². The van der Waals surface area contributed by atoms with Crippen LogP contribution in [0.5, 0.6) is 0 Å². The van der Waals surface area contributed by atoms with Crippen LogP contribution in [0.4, 0.5) is 0 Å². The van der Waals surface area contributed by atoms with Crippen LogP contribution in [0.25, 0.3) is 0 Å². The second-order valence-electron chi connectivity index (χ2n) is 5.50. The first-order valence-corrected chi connectivity index (χ1v) is 7.39. The summed E-state index contributed by atoms with van der Waals surface area (Å²) in [6.45, 7) is 6.81. The minimum Gasteiger partial charge on any atom is -0.381 e. The van der Waals surface area contributed by atoms with E-state index in [2.05, 4.69) is 17.1 Å². The molecule has 0 aromatic heterocycles. The van der Waals surface area contributed by atoms with E-state index in [0.29, 0.717) is 24.3 Å². The van der Waals surface area contributed by atoms with Gasteiger partial charge >= 0.3 is 0 Å². The molecule has 0 radical (unpaired) electrons. The van der Waals surface area contributed by atoms with Crippen LogP contribution in [0.1, 0.15) is 39.0 Å². The van der Waals surface area contributed by atoms with Crippen LogP contribution in [0, 0.1) is 5.92 Å². The Morgan fingerprint density at radius 2 is 2.26 bits per heavy atom. The largest absolute Gasteiger partial charge is 0.381 e.